The molecule has 0 aromatic heterocycles. The second-order valence-corrected chi connectivity index (χ2v) is 35.2. The number of phosphoric acid groups is 3. The van der Waals surface area contributed by atoms with E-state index in [1.165, 1.54) is 44.9 Å². The molecule has 4 aliphatic carbocycles. The van der Waals surface area contributed by atoms with Crippen LogP contribution in [0.1, 0.15) is 195 Å². The quantitative estimate of drug-likeness (QED) is 0.0253. The maximum Gasteiger partial charge on any atom is 0.472 e. The van der Waals surface area contributed by atoms with Crippen molar-refractivity contribution in [1.82, 2.24) is 0 Å². The SMILES string of the molecule is CC(C)C[C@H]1O[C@@H](C)[C@H](O)[C@@H]1OP(=O)(O)OCCC[C@@H](C)[C@H]1CC[C@H]2[C@@H]3CCC4C[C@H](O)CC[C@]4(C)[C@H]3CC[C@]12C.CC(C)C[C@H]1O[C@@H](C)[C@H](O)[C@@H]1OP(=O)(O)OCc1ccc(-c2ccc(CO)cc2)cc1.CC(C)C[C@H]1O[C@@H](C)[C@H](O)[C@@H]1OP(=O)(O)OCc1ccc(CO)cc1. The van der Waals surface area contributed by atoms with E-state index in [1.807, 2.05) is 76.2 Å². The summed E-state index contributed by atoms with van der Waals surface area (Å²) in [6.45, 7) is 24.7. The van der Waals surface area contributed by atoms with Crippen molar-refractivity contribution in [3.63, 3.8) is 0 Å². The summed E-state index contributed by atoms with van der Waals surface area (Å²) < 4.78 is 86.4. The van der Waals surface area contributed by atoms with Crippen molar-refractivity contribution in [3.05, 3.63) is 95.1 Å². The Kier molecular flexibility index (Phi) is 28.9. The van der Waals surface area contributed by atoms with Gasteiger partial charge in [-0.3, -0.25) is 27.1 Å². The van der Waals surface area contributed by atoms with E-state index in [-0.39, 0.29) is 51.0 Å². The Balaban J connectivity index is 0.000000192. The molecule has 0 bridgehead atoms. The minimum absolute atomic E-state index is 0.000975. The maximum atomic E-state index is 12.8. The van der Waals surface area contributed by atoms with Crippen LogP contribution < -0.4 is 0 Å². The number of aliphatic hydroxyl groups is 6. The topological polar surface area (TPSA) is 316 Å². The number of aliphatic hydroxyl groups excluding tert-OH is 6. The number of phosphoric ester groups is 3. The lowest BCUT2D eigenvalue weighted by molar-refractivity contribution is -0.129. The summed E-state index contributed by atoms with van der Waals surface area (Å²) >= 11 is 0. The second kappa shape index (κ2) is 34.9. The zero-order chi connectivity index (χ0) is 71.0. The van der Waals surface area contributed by atoms with Crippen molar-refractivity contribution in [2.24, 2.45) is 64.1 Å². The molecule has 7 fully saturated rings. The normalized spacial score (nSPS) is 36.1. The molecule has 0 spiro atoms. The molecular formula is C73H117O21P3. The van der Waals surface area contributed by atoms with Gasteiger partial charge >= 0.3 is 23.5 Å². The number of rotatable bonds is 27. The molecule has 24 heteroatoms. The van der Waals surface area contributed by atoms with Gasteiger partial charge in [-0.15, -0.1) is 0 Å². The molecule has 4 saturated carbocycles. The van der Waals surface area contributed by atoms with Gasteiger partial charge in [0.25, 0.3) is 0 Å². The first-order valence-corrected chi connectivity index (χ1v) is 40.3. The highest BCUT2D eigenvalue weighted by atomic mass is 31.2. The van der Waals surface area contributed by atoms with E-state index >= 15 is 0 Å². The van der Waals surface area contributed by atoms with Gasteiger partial charge in [0.2, 0.25) is 0 Å². The molecule has 3 saturated heterocycles. The van der Waals surface area contributed by atoms with E-state index in [1.54, 1.807) is 45.0 Å². The molecule has 3 aromatic carbocycles. The molecule has 3 aliphatic heterocycles. The van der Waals surface area contributed by atoms with Crippen LogP contribution in [0, 0.1) is 64.1 Å². The van der Waals surface area contributed by atoms with Gasteiger partial charge in [0.1, 0.15) is 36.6 Å². The number of benzene rings is 3. The van der Waals surface area contributed by atoms with E-state index in [0.717, 1.165) is 65.7 Å². The van der Waals surface area contributed by atoms with Crippen LogP contribution in [0.4, 0.5) is 0 Å². The van der Waals surface area contributed by atoms with Crippen molar-refractivity contribution in [3.8, 4) is 11.1 Å². The van der Waals surface area contributed by atoms with Crippen LogP contribution in [0.5, 0.6) is 0 Å². The van der Waals surface area contributed by atoms with Gasteiger partial charge in [0.15, 0.2) is 0 Å². The van der Waals surface area contributed by atoms with Gasteiger partial charge in [-0.2, -0.15) is 0 Å². The van der Waals surface area contributed by atoms with Crippen LogP contribution >= 0.6 is 23.5 Å². The smallest absolute Gasteiger partial charge is 0.393 e. The molecule has 0 amide bonds. The minimum atomic E-state index is -4.39. The lowest BCUT2D eigenvalue weighted by atomic mass is 9.44. The lowest BCUT2D eigenvalue weighted by Crippen LogP contribution is -2.54. The molecule has 10 rings (SSSR count). The van der Waals surface area contributed by atoms with Crippen LogP contribution in [0.25, 0.3) is 11.1 Å². The van der Waals surface area contributed by atoms with Crippen molar-refractivity contribution >= 4 is 23.5 Å². The van der Waals surface area contributed by atoms with Crippen molar-refractivity contribution in [1.29, 1.82) is 0 Å². The first-order chi connectivity index (χ1) is 45.6. The molecule has 97 heavy (non-hydrogen) atoms. The zero-order valence-electron chi connectivity index (χ0n) is 59.3. The summed E-state index contributed by atoms with van der Waals surface area (Å²) in [5.74, 6) is 5.28. The van der Waals surface area contributed by atoms with Crippen LogP contribution in [0.15, 0.2) is 72.8 Å². The number of fused-ring (bicyclic) bond motifs is 5. The van der Waals surface area contributed by atoms with Crippen molar-refractivity contribution < 1.29 is 100 Å². The molecule has 21 nitrogen and oxygen atoms in total. The molecule has 3 heterocycles. The molecule has 550 valence electrons. The average molecular weight is 1420 g/mol. The van der Waals surface area contributed by atoms with Gasteiger partial charge in [-0.05, 0) is 208 Å². The van der Waals surface area contributed by atoms with Crippen LogP contribution in [0.3, 0.4) is 0 Å². The third kappa shape index (κ3) is 21.2. The minimum Gasteiger partial charge on any atom is -0.393 e. The first kappa shape index (κ1) is 80.3. The molecule has 24 atom stereocenters. The fraction of sp³-hybridized carbons (Fsp3) is 0.753. The van der Waals surface area contributed by atoms with Crippen LogP contribution in [-0.4, -0.2) is 131 Å². The van der Waals surface area contributed by atoms with Crippen molar-refractivity contribution in [2.75, 3.05) is 6.61 Å². The average Bonchev–Trinajstić information content (AvgIpc) is 1.70. The summed E-state index contributed by atoms with van der Waals surface area (Å²) in [6.07, 6.45) is 6.23. The van der Waals surface area contributed by atoms with Crippen LogP contribution in [-0.2, 0) is 81.5 Å². The Labute approximate surface area is 576 Å². The van der Waals surface area contributed by atoms with E-state index in [9.17, 15) is 48.8 Å². The Bertz CT molecular complexity index is 3040. The molecule has 3 aromatic rings. The van der Waals surface area contributed by atoms with Gasteiger partial charge < -0.3 is 59.5 Å². The molecule has 7 aliphatic rings. The molecule has 4 unspecified atom stereocenters. The Morgan fingerprint density at radius 2 is 0.876 bits per heavy atom. The maximum absolute atomic E-state index is 12.8. The molecule has 9 N–H and O–H groups in total. The summed E-state index contributed by atoms with van der Waals surface area (Å²) in [7, 11) is -13.1. The number of ether oxygens (including phenoxy) is 3. The number of hydrogen-bond acceptors (Lipinski definition) is 18. The van der Waals surface area contributed by atoms with E-state index in [0.29, 0.717) is 64.9 Å². The highest BCUT2D eigenvalue weighted by molar-refractivity contribution is 7.47. The summed E-state index contributed by atoms with van der Waals surface area (Å²) in [5, 5.41) is 59.5. The third-order valence-corrected chi connectivity index (χ3v) is 25.4. The van der Waals surface area contributed by atoms with Crippen LogP contribution in [0.2, 0.25) is 0 Å². The Morgan fingerprint density at radius 3 is 1.30 bits per heavy atom. The third-order valence-electron chi connectivity index (χ3n) is 22.5. The summed E-state index contributed by atoms with van der Waals surface area (Å²) in [6, 6.07) is 21.8. The zero-order valence-corrected chi connectivity index (χ0v) is 62.0. The second-order valence-electron chi connectivity index (χ2n) is 31.0. The number of hydrogen-bond donors (Lipinski definition) is 9. The Morgan fingerprint density at radius 1 is 0.495 bits per heavy atom. The van der Waals surface area contributed by atoms with Gasteiger partial charge in [-0.1, -0.05) is 135 Å². The van der Waals surface area contributed by atoms with E-state index in [4.69, 9.17) is 51.6 Å². The standard InChI is InChI=1S/C33H59O7P.C23H31O7P.C17H27O7P/c1-20(2)18-29-31(30(35)22(4)39-29)40-41(36,37)38-17-7-8-21(3)26-11-12-27-25-10-9-23-19-24(34)13-15-32(23,5)28(25)14-16-33(26,27)6;1-15(2)12-21-23(22(25)16(3)29-21)30-31(26,27)28-14-18-6-10-20(11-7-18)19-8-4-17(13-24)5-9-19;1-11(2)8-15-17(16(19)12(3)23-15)24-25(20,21)22-10-14-6-4-13(9-18)5-7-14/h20-31,34-35H,7-19H2,1-6H3,(H,36,37);4-11,15-16,21-25H,12-14H2,1-3H3,(H,26,27);4-7,11-12,15-19H,8-10H2,1-3H3,(H,20,21)/t21-,22+,23?,24-,25+,26-,27+,28+,29-,30+,31-,32+,33-;16-,21+,22-,23+;12-,15+,16-,17+/m100/s1. The summed E-state index contributed by atoms with van der Waals surface area (Å²) in [5.41, 5.74) is 5.75. The fourth-order valence-electron chi connectivity index (χ4n) is 17.3. The van der Waals surface area contributed by atoms with E-state index < -0.39 is 96.7 Å². The molecule has 0 radical (unpaired) electrons. The monoisotopic (exact) mass is 1420 g/mol. The van der Waals surface area contributed by atoms with Crippen molar-refractivity contribution in [2.45, 2.75) is 279 Å². The lowest BCUT2D eigenvalue weighted by Gasteiger charge is -2.61. The van der Waals surface area contributed by atoms with E-state index in [2.05, 4.69) is 34.6 Å². The van der Waals surface area contributed by atoms with Gasteiger partial charge in [-0.25, -0.2) is 13.7 Å². The highest BCUT2D eigenvalue weighted by Gasteiger charge is 2.61. The molecular weight excluding hydrogens is 1310 g/mol. The fourth-order valence-corrected chi connectivity index (χ4v) is 20.2. The Hall–Kier alpha value is -2.37. The highest BCUT2D eigenvalue weighted by Crippen LogP contribution is 2.68. The largest absolute Gasteiger partial charge is 0.472 e. The predicted octanol–water partition coefficient (Wildman–Crippen LogP) is 13.5. The van der Waals surface area contributed by atoms with Gasteiger partial charge in [0.05, 0.1) is 75.8 Å². The van der Waals surface area contributed by atoms with Gasteiger partial charge in [0, 0.05) is 0 Å². The summed E-state index contributed by atoms with van der Waals surface area (Å²) in [4.78, 5) is 30.7. The predicted molar refractivity (Wildman–Crippen MR) is 369 cm³/mol. The first-order valence-electron chi connectivity index (χ1n) is 35.8.